The minimum atomic E-state index is 0.917. The van der Waals surface area contributed by atoms with Gasteiger partial charge in [0.25, 0.3) is 0 Å². The summed E-state index contributed by atoms with van der Waals surface area (Å²) in [7, 11) is 0. The third-order valence-electron chi connectivity index (χ3n) is 8.58. The van der Waals surface area contributed by atoms with Crippen molar-refractivity contribution < 1.29 is 0 Å². The molecule has 0 amide bonds. The van der Waals surface area contributed by atoms with Gasteiger partial charge >= 0.3 is 0 Å². The molecule has 4 rings (SSSR count). The number of hydrogen-bond acceptors (Lipinski definition) is 0. The lowest BCUT2D eigenvalue weighted by Gasteiger charge is -2.45. The molecule has 2 saturated carbocycles. The highest BCUT2D eigenvalue weighted by Crippen LogP contribution is 2.49. The average molecular weight is 401 g/mol. The highest BCUT2D eigenvalue weighted by atomic mass is 35.5. The third-order valence-corrected chi connectivity index (χ3v) is 8.81. The smallest absolute Gasteiger partial charge is 0.0408 e. The van der Waals surface area contributed by atoms with E-state index < -0.39 is 0 Å². The van der Waals surface area contributed by atoms with Crippen molar-refractivity contribution in [1.82, 2.24) is 0 Å². The van der Waals surface area contributed by atoms with Crippen LogP contribution in [-0.4, -0.2) is 0 Å². The van der Waals surface area contributed by atoms with Crippen LogP contribution in [0.5, 0.6) is 0 Å². The summed E-state index contributed by atoms with van der Waals surface area (Å²) in [6, 6.07) is 6.62. The molecule has 0 radical (unpaired) electrons. The van der Waals surface area contributed by atoms with Crippen LogP contribution in [0.2, 0.25) is 5.02 Å². The molecule has 1 aromatic carbocycles. The second-order valence-corrected chi connectivity index (χ2v) is 10.8. The Bertz CT molecular complexity index is 621. The van der Waals surface area contributed by atoms with Gasteiger partial charge in [0.1, 0.15) is 0 Å². The summed E-state index contributed by atoms with van der Waals surface area (Å²) < 4.78 is 0. The number of unbranched alkanes of at least 4 members (excludes halogenated alkanes) is 4. The Labute approximate surface area is 178 Å². The van der Waals surface area contributed by atoms with Crippen LogP contribution >= 0.6 is 11.6 Å². The van der Waals surface area contributed by atoms with Crippen LogP contribution in [0.15, 0.2) is 18.2 Å². The topological polar surface area (TPSA) is 0 Å². The number of aryl methyl sites for hydroxylation is 1. The van der Waals surface area contributed by atoms with E-state index in [-0.39, 0.29) is 0 Å². The summed E-state index contributed by atoms with van der Waals surface area (Å²) in [6.07, 6.45) is 22.0. The maximum atomic E-state index is 6.20. The van der Waals surface area contributed by atoms with Crippen molar-refractivity contribution in [2.24, 2.45) is 29.6 Å². The molecule has 5 atom stereocenters. The number of fused-ring (bicyclic) bond motifs is 2. The molecule has 0 aromatic heterocycles. The SMILES string of the molecule is CCCCCCCC1CCC2CC(C3CCc4cc(Cl)ccc4C3)CCC2C1. The van der Waals surface area contributed by atoms with Gasteiger partial charge in [-0.2, -0.15) is 0 Å². The summed E-state index contributed by atoms with van der Waals surface area (Å²) in [5.41, 5.74) is 3.12. The number of benzene rings is 1. The number of halogens is 1. The third kappa shape index (κ3) is 5.16. The average Bonchev–Trinajstić information content (AvgIpc) is 2.73. The standard InChI is InChI=1S/C27H41Cl/c1-2-3-4-5-6-7-20-8-9-22-17-23(11-10-21(22)16-20)24-12-13-26-19-27(28)15-14-25(26)18-24/h14-15,19-24H,2-13,16-18H2,1H3. The number of hydrogen-bond donors (Lipinski definition) is 0. The highest BCUT2D eigenvalue weighted by molar-refractivity contribution is 6.30. The Balaban J connectivity index is 1.24. The van der Waals surface area contributed by atoms with Gasteiger partial charge in [-0.05, 0) is 104 Å². The summed E-state index contributed by atoms with van der Waals surface area (Å²) in [4.78, 5) is 0. The maximum Gasteiger partial charge on any atom is 0.0408 e. The number of rotatable bonds is 7. The van der Waals surface area contributed by atoms with Gasteiger partial charge in [-0.25, -0.2) is 0 Å². The van der Waals surface area contributed by atoms with Crippen LogP contribution in [0.25, 0.3) is 0 Å². The largest absolute Gasteiger partial charge is 0.0843 e. The quantitative estimate of drug-likeness (QED) is 0.401. The van der Waals surface area contributed by atoms with Gasteiger partial charge < -0.3 is 0 Å². The first-order chi connectivity index (χ1) is 13.7. The Morgan fingerprint density at radius 2 is 1.54 bits per heavy atom. The molecule has 156 valence electrons. The van der Waals surface area contributed by atoms with Gasteiger partial charge in [-0.3, -0.25) is 0 Å². The van der Waals surface area contributed by atoms with E-state index in [1.807, 2.05) is 0 Å². The van der Waals surface area contributed by atoms with E-state index in [0.717, 1.165) is 34.6 Å². The van der Waals surface area contributed by atoms with E-state index in [4.69, 9.17) is 11.6 Å². The lowest BCUT2D eigenvalue weighted by Crippen LogP contribution is -2.35. The van der Waals surface area contributed by atoms with E-state index in [9.17, 15) is 0 Å². The van der Waals surface area contributed by atoms with Gasteiger partial charge in [-0.1, -0.05) is 69.5 Å². The second-order valence-electron chi connectivity index (χ2n) is 10.4. The molecule has 1 aromatic rings. The van der Waals surface area contributed by atoms with Gasteiger partial charge in [0.15, 0.2) is 0 Å². The van der Waals surface area contributed by atoms with Crippen LogP contribution in [0, 0.1) is 29.6 Å². The zero-order valence-electron chi connectivity index (χ0n) is 18.1. The Kier molecular flexibility index (Phi) is 7.43. The lowest BCUT2D eigenvalue weighted by molar-refractivity contribution is 0.0690. The monoisotopic (exact) mass is 400 g/mol. The van der Waals surface area contributed by atoms with Crippen molar-refractivity contribution in [1.29, 1.82) is 0 Å². The molecule has 0 nitrogen and oxygen atoms in total. The maximum absolute atomic E-state index is 6.20. The summed E-state index contributed by atoms with van der Waals surface area (Å²) in [5, 5.41) is 0.917. The van der Waals surface area contributed by atoms with E-state index in [1.54, 1.807) is 24.8 Å². The first kappa shape index (κ1) is 20.8. The summed E-state index contributed by atoms with van der Waals surface area (Å²) in [5.74, 6) is 5.12. The molecule has 2 fully saturated rings. The molecule has 5 unspecified atom stereocenters. The Morgan fingerprint density at radius 1 is 0.786 bits per heavy atom. The Hall–Kier alpha value is -0.490. The van der Waals surface area contributed by atoms with Crippen molar-refractivity contribution in [3.63, 3.8) is 0 Å². The van der Waals surface area contributed by atoms with Crippen LogP contribution in [0.4, 0.5) is 0 Å². The molecule has 3 aliphatic rings. The van der Waals surface area contributed by atoms with Crippen molar-refractivity contribution >= 4 is 11.6 Å². The molecule has 28 heavy (non-hydrogen) atoms. The first-order valence-corrected chi connectivity index (χ1v) is 12.9. The normalized spacial score (nSPS) is 32.6. The second kappa shape index (κ2) is 10.0. The molecule has 0 spiro atoms. The molecule has 0 bridgehead atoms. The molecule has 0 N–H and O–H groups in total. The highest BCUT2D eigenvalue weighted by Gasteiger charge is 2.38. The first-order valence-electron chi connectivity index (χ1n) is 12.5. The van der Waals surface area contributed by atoms with Crippen LogP contribution in [0.1, 0.15) is 102 Å². The molecule has 0 saturated heterocycles. The van der Waals surface area contributed by atoms with E-state index in [0.29, 0.717) is 0 Å². The van der Waals surface area contributed by atoms with Crippen LogP contribution in [-0.2, 0) is 12.8 Å². The molecule has 0 aliphatic heterocycles. The summed E-state index contributed by atoms with van der Waals surface area (Å²) >= 11 is 6.20. The molecule has 1 heteroatoms. The van der Waals surface area contributed by atoms with E-state index in [1.165, 1.54) is 82.6 Å². The van der Waals surface area contributed by atoms with Crippen molar-refractivity contribution in [3.8, 4) is 0 Å². The van der Waals surface area contributed by atoms with Gasteiger partial charge in [0.2, 0.25) is 0 Å². The van der Waals surface area contributed by atoms with Gasteiger partial charge in [0, 0.05) is 5.02 Å². The molecular weight excluding hydrogens is 360 g/mol. The lowest BCUT2D eigenvalue weighted by atomic mass is 9.61. The van der Waals surface area contributed by atoms with Crippen molar-refractivity contribution in [3.05, 3.63) is 34.3 Å². The zero-order chi connectivity index (χ0) is 19.3. The predicted molar refractivity (Wildman–Crippen MR) is 122 cm³/mol. The Morgan fingerprint density at radius 3 is 2.39 bits per heavy atom. The predicted octanol–water partition coefficient (Wildman–Crippen LogP) is 8.64. The fourth-order valence-corrected chi connectivity index (χ4v) is 7.10. The minimum Gasteiger partial charge on any atom is -0.0843 e. The van der Waals surface area contributed by atoms with Crippen molar-refractivity contribution in [2.45, 2.75) is 103 Å². The zero-order valence-corrected chi connectivity index (χ0v) is 18.9. The van der Waals surface area contributed by atoms with Crippen molar-refractivity contribution in [2.75, 3.05) is 0 Å². The van der Waals surface area contributed by atoms with Gasteiger partial charge in [-0.15, -0.1) is 0 Å². The molecule has 3 aliphatic carbocycles. The molecule has 0 heterocycles. The fraction of sp³-hybridized carbons (Fsp3) is 0.778. The van der Waals surface area contributed by atoms with E-state index in [2.05, 4.69) is 25.1 Å². The van der Waals surface area contributed by atoms with Crippen LogP contribution in [0.3, 0.4) is 0 Å². The van der Waals surface area contributed by atoms with E-state index >= 15 is 0 Å². The van der Waals surface area contributed by atoms with Crippen LogP contribution < -0.4 is 0 Å². The molecular formula is C27H41Cl. The minimum absolute atomic E-state index is 0.917. The fourth-order valence-electron chi connectivity index (χ4n) is 6.90. The van der Waals surface area contributed by atoms with Gasteiger partial charge in [0.05, 0.1) is 0 Å². The summed E-state index contributed by atoms with van der Waals surface area (Å²) in [6.45, 7) is 2.32.